The van der Waals surface area contributed by atoms with Gasteiger partial charge in [-0.15, -0.1) is 0 Å². The SMILES string of the molecule is Nc1nc(Cl)c(C(=O)/C=C/CN2CCN(C(=O)O)CC2)c(NCc2ccc(-c3ccccc3)cn2)n1. The highest BCUT2D eigenvalue weighted by molar-refractivity contribution is 6.34. The summed E-state index contributed by atoms with van der Waals surface area (Å²) in [6.07, 6.45) is 4.01. The third-order valence-corrected chi connectivity index (χ3v) is 6.05. The van der Waals surface area contributed by atoms with Gasteiger partial charge in [0.25, 0.3) is 0 Å². The maximum absolute atomic E-state index is 12.9. The molecule has 36 heavy (non-hydrogen) atoms. The Morgan fingerprint density at radius 2 is 1.81 bits per heavy atom. The van der Waals surface area contributed by atoms with E-state index < -0.39 is 6.09 Å². The maximum Gasteiger partial charge on any atom is 0.407 e. The summed E-state index contributed by atoms with van der Waals surface area (Å²) in [6, 6.07) is 13.8. The molecule has 0 aliphatic carbocycles. The smallest absolute Gasteiger partial charge is 0.407 e. The first-order chi connectivity index (χ1) is 17.4. The van der Waals surface area contributed by atoms with Crippen LogP contribution in [0.15, 0.2) is 60.8 Å². The lowest BCUT2D eigenvalue weighted by molar-refractivity contribution is 0.104. The third kappa shape index (κ3) is 6.35. The van der Waals surface area contributed by atoms with Crippen molar-refractivity contribution in [1.82, 2.24) is 24.8 Å². The average Bonchev–Trinajstić information content (AvgIpc) is 2.88. The van der Waals surface area contributed by atoms with E-state index in [4.69, 9.17) is 22.4 Å². The van der Waals surface area contributed by atoms with Gasteiger partial charge >= 0.3 is 6.09 Å². The van der Waals surface area contributed by atoms with Crippen LogP contribution in [0.4, 0.5) is 16.6 Å². The van der Waals surface area contributed by atoms with Gasteiger partial charge in [0.15, 0.2) is 5.78 Å². The molecule has 0 saturated carbocycles. The Labute approximate surface area is 213 Å². The van der Waals surface area contributed by atoms with Crippen LogP contribution >= 0.6 is 11.6 Å². The standard InChI is InChI=1S/C25H26ClN7O3/c26-22-21(20(34)7-4-10-32-11-13-33(14-12-32)25(35)36)23(31-24(27)30-22)29-16-19-9-8-18(15-28-19)17-5-2-1-3-6-17/h1-9,15H,10-14,16H2,(H,35,36)(H3,27,29,30,31)/b7-4+. The predicted molar refractivity (Wildman–Crippen MR) is 138 cm³/mol. The minimum absolute atomic E-state index is 0.0397. The Balaban J connectivity index is 1.40. The van der Waals surface area contributed by atoms with Gasteiger partial charge in [-0.1, -0.05) is 54.1 Å². The first-order valence-corrected chi connectivity index (χ1v) is 11.8. The van der Waals surface area contributed by atoms with Crippen molar-refractivity contribution in [3.63, 3.8) is 0 Å². The summed E-state index contributed by atoms with van der Waals surface area (Å²) in [7, 11) is 0. The molecule has 0 spiro atoms. The quantitative estimate of drug-likeness (QED) is 0.238. The highest BCUT2D eigenvalue weighted by atomic mass is 35.5. The number of nitrogens with zero attached hydrogens (tertiary/aromatic N) is 5. The van der Waals surface area contributed by atoms with E-state index in [0.29, 0.717) is 39.3 Å². The maximum atomic E-state index is 12.9. The second-order valence-electron chi connectivity index (χ2n) is 8.19. The van der Waals surface area contributed by atoms with Crippen molar-refractivity contribution < 1.29 is 14.7 Å². The van der Waals surface area contributed by atoms with E-state index >= 15 is 0 Å². The molecule has 11 heteroatoms. The van der Waals surface area contributed by atoms with Crippen LogP contribution in [0.3, 0.4) is 0 Å². The number of hydrogen-bond donors (Lipinski definition) is 3. The van der Waals surface area contributed by atoms with Crippen molar-refractivity contribution in [3.05, 3.63) is 77.2 Å². The van der Waals surface area contributed by atoms with Crippen LogP contribution in [0.2, 0.25) is 5.15 Å². The van der Waals surface area contributed by atoms with E-state index in [2.05, 4.69) is 25.2 Å². The molecule has 186 valence electrons. The lowest BCUT2D eigenvalue weighted by Crippen LogP contribution is -2.48. The lowest BCUT2D eigenvalue weighted by Gasteiger charge is -2.32. The zero-order valence-electron chi connectivity index (χ0n) is 19.5. The Hall–Kier alpha value is -4.02. The Kier molecular flexibility index (Phi) is 8.09. The molecule has 10 nitrogen and oxygen atoms in total. The summed E-state index contributed by atoms with van der Waals surface area (Å²) in [5.41, 5.74) is 8.71. The molecule has 2 aromatic heterocycles. The molecule has 0 unspecified atom stereocenters. The molecule has 1 saturated heterocycles. The molecule has 3 aromatic rings. The van der Waals surface area contributed by atoms with E-state index in [0.717, 1.165) is 16.8 Å². The Morgan fingerprint density at radius 3 is 2.47 bits per heavy atom. The van der Waals surface area contributed by atoms with Crippen LogP contribution in [0.5, 0.6) is 0 Å². The molecule has 1 aliphatic heterocycles. The molecular weight excluding hydrogens is 482 g/mol. The second-order valence-corrected chi connectivity index (χ2v) is 8.55. The van der Waals surface area contributed by atoms with Gasteiger partial charge in [-0.2, -0.15) is 4.98 Å². The highest BCUT2D eigenvalue weighted by Crippen LogP contribution is 2.24. The lowest BCUT2D eigenvalue weighted by atomic mass is 10.1. The number of carbonyl (C=O) groups is 2. The number of piperazine rings is 1. The molecule has 4 N–H and O–H groups in total. The fraction of sp³-hybridized carbons (Fsp3) is 0.240. The first-order valence-electron chi connectivity index (χ1n) is 11.4. The van der Waals surface area contributed by atoms with Crippen molar-refractivity contribution in [1.29, 1.82) is 0 Å². The van der Waals surface area contributed by atoms with Gasteiger partial charge in [0.05, 0.1) is 12.2 Å². The monoisotopic (exact) mass is 507 g/mol. The zero-order valence-corrected chi connectivity index (χ0v) is 20.2. The molecule has 0 atom stereocenters. The number of rotatable bonds is 8. The van der Waals surface area contributed by atoms with Gasteiger partial charge in [0.2, 0.25) is 5.95 Å². The highest BCUT2D eigenvalue weighted by Gasteiger charge is 2.20. The summed E-state index contributed by atoms with van der Waals surface area (Å²) < 4.78 is 0. The van der Waals surface area contributed by atoms with Crippen molar-refractivity contribution in [2.45, 2.75) is 6.54 Å². The van der Waals surface area contributed by atoms with E-state index in [9.17, 15) is 9.59 Å². The van der Waals surface area contributed by atoms with Crippen molar-refractivity contribution in [3.8, 4) is 11.1 Å². The van der Waals surface area contributed by atoms with Crippen LogP contribution < -0.4 is 11.1 Å². The van der Waals surface area contributed by atoms with Crippen LogP contribution in [0, 0.1) is 0 Å². The van der Waals surface area contributed by atoms with E-state index in [1.54, 1.807) is 12.3 Å². The third-order valence-electron chi connectivity index (χ3n) is 5.77. The van der Waals surface area contributed by atoms with E-state index in [1.165, 1.54) is 11.0 Å². The molecule has 0 radical (unpaired) electrons. The fourth-order valence-corrected chi connectivity index (χ4v) is 4.08. The largest absolute Gasteiger partial charge is 0.465 e. The topological polar surface area (TPSA) is 138 Å². The van der Waals surface area contributed by atoms with Gasteiger partial charge in [-0.25, -0.2) is 9.78 Å². The number of ketones is 1. The molecule has 0 bridgehead atoms. The number of anilines is 2. The number of nitrogen functional groups attached to an aromatic ring is 1. The number of carbonyl (C=O) groups excluding carboxylic acids is 1. The van der Waals surface area contributed by atoms with E-state index in [-0.39, 0.29) is 28.3 Å². The number of carboxylic acid groups (broad SMARTS) is 1. The number of aromatic nitrogens is 3. The molecular formula is C25H26ClN7O3. The minimum atomic E-state index is -0.916. The fourth-order valence-electron chi connectivity index (χ4n) is 3.81. The van der Waals surface area contributed by atoms with E-state index in [1.807, 2.05) is 42.5 Å². The van der Waals surface area contributed by atoms with Crippen molar-refractivity contribution >= 4 is 35.2 Å². The first kappa shape index (κ1) is 25.1. The molecule has 3 heterocycles. The van der Waals surface area contributed by atoms with Crippen LogP contribution in [-0.2, 0) is 6.54 Å². The van der Waals surface area contributed by atoms with Gasteiger partial charge in [-0.05, 0) is 17.7 Å². The molecule has 4 rings (SSSR count). The molecule has 1 aliphatic rings. The normalized spacial score (nSPS) is 14.2. The number of nitrogens with one attached hydrogen (secondary N) is 1. The van der Waals surface area contributed by atoms with Gasteiger partial charge in [0, 0.05) is 44.5 Å². The van der Waals surface area contributed by atoms with Crippen LogP contribution in [-0.4, -0.2) is 74.5 Å². The van der Waals surface area contributed by atoms with Crippen molar-refractivity contribution in [2.24, 2.45) is 0 Å². The molecule has 1 amide bonds. The second kappa shape index (κ2) is 11.6. The summed E-state index contributed by atoms with van der Waals surface area (Å²) in [4.78, 5) is 40.0. The molecule has 1 fully saturated rings. The average molecular weight is 508 g/mol. The number of halogens is 1. The van der Waals surface area contributed by atoms with Gasteiger partial charge in [0.1, 0.15) is 16.5 Å². The molecule has 1 aromatic carbocycles. The van der Waals surface area contributed by atoms with Crippen molar-refractivity contribution in [2.75, 3.05) is 43.8 Å². The number of hydrogen-bond acceptors (Lipinski definition) is 8. The zero-order chi connectivity index (χ0) is 25.5. The minimum Gasteiger partial charge on any atom is -0.465 e. The predicted octanol–water partition coefficient (Wildman–Crippen LogP) is 3.42. The number of amides is 1. The van der Waals surface area contributed by atoms with Gasteiger partial charge in [-0.3, -0.25) is 14.7 Å². The summed E-state index contributed by atoms with van der Waals surface area (Å²) in [6.45, 7) is 2.87. The summed E-state index contributed by atoms with van der Waals surface area (Å²) >= 11 is 6.26. The summed E-state index contributed by atoms with van der Waals surface area (Å²) in [5.74, 6) is -0.183. The Morgan fingerprint density at radius 1 is 1.06 bits per heavy atom. The number of allylic oxidation sites excluding steroid dienone is 1. The Bertz CT molecular complexity index is 1240. The van der Waals surface area contributed by atoms with Gasteiger partial charge < -0.3 is 21.1 Å². The van der Waals surface area contributed by atoms with Crippen LogP contribution in [0.1, 0.15) is 16.1 Å². The van der Waals surface area contributed by atoms with Crippen LogP contribution in [0.25, 0.3) is 11.1 Å². The number of nitrogens with two attached hydrogens (primary N) is 1. The number of pyridine rings is 1. The number of benzene rings is 1. The summed E-state index contributed by atoms with van der Waals surface area (Å²) in [5, 5.41) is 12.1.